The first-order chi connectivity index (χ1) is 11.1. The maximum absolute atomic E-state index is 13.7. The summed E-state index contributed by atoms with van der Waals surface area (Å²) < 4.78 is 19.5. The molecule has 2 aromatic rings. The third kappa shape index (κ3) is 3.64. The molecule has 0 N–H and O–H groups in total. The molecule has 6 heteroatoms. The van der Waals surface area contributed by atoms with Gasteiger partial charge in [0.25, 0.3) is 5.91 Å². The van der Waals surface area contributed by atoms with E-state index in [2.05, 4.69) is 9.97 Å². The Bertz CT molecular complexity index is 700. The molecule has 0 unspecified atom stereocenters. The van der Waals surface area contributed by atoms with Crippen molar-refractivity contribution in [3.05, 3.63) is 53.7 Å². The van der Waals surface area contributed by atoms with Crippen molar-refractivity contribution < 1.29 is 13.9 Å². The van der Waals surface area contributed by atoms with E-state index in [9.17, 15) is 9.18 Å². The molecular formula is C17H18FN3O2. The summed E-state index contributed by atoms with van der Waals surface area (Å²) in [6.07, 6.45) is 3.06. The minimum Gasteiger partial charge on any atom is -0.474 e. The summed E-state index contributed by atoms with van der Waals surface area (Å²) in [5.41, 5.74) is 0.123. The highest BCUT2D eigenvalue weighted by Gasteiger charge is 2.26. The number of nitrogens with zero attached hydrogens (tertiary/aromatic N) is 3. The summed E-state index contributed by atoms with van der Waals surface area (Å²) in [6, 6.07) is 7.80. The van der Waals surface area contributed by atoms with Crippen LogP contribution in [0.15, 0.2) is 36.5 Å². The Morgan fingerprint density at radius 3 is 2.70 bits per heavy atom. The molecule has 1 aromatic heterocycles. The fraction of sp³-hybridized carbons (Fsp3) is 0.353. The zero-order chi connectivity index (χ0) is 16.2. The molecule has 1 aromatic carbocycles. The first-order valence-electron chi connectivity index (χ1n) is 7.63. The second-order valence-corrected chi connectivity index (χ2v) is 5.53. The molecule has 120 valence electrons. The van der Waals surface area contributed by atoms with E-state index in [-0.39, 0.29) is 17.6 Å². The Balaban J connectivity index is 1.58. The lowest BCUT2D eigenvalue weighted by Gasteiger charge is -2.32. The van der Waals surface area contributed by atoms with Gasteiger partial charge >= 0.3 is 0 Å². The zero-order valence-corrected chi connectivity index (χ0v) is 12.9. The number of aryl methyl sites for hydroxylation is 1. The van der Waals surface area contributed by atoms with Crippen LogP contribution in [-0.4, -0.2) is 40.0 Å². The molecule has 23 heavy (non-hydrogen) atoms. The van der Waals surface area contributed by atoms with E-state index < -0.39 is 5.82 Å². The molecule has 1 fully saturated rings. The van der Waals surface area contributed by atoms with Crippen molar-refractivity contribution in [3.8, 4) is 5.88 Å². The SMILES string of the molecule is Cc1nccc(OC2CCN(C(=O)c3ccccc3F)CC2)n1. The second kappa shape index (κ2) is 6.73. The molecule has 1 saturated heterocycles. The predicted octanol–water partition coefficient (Wildman–Crippen LogP) is 2.61. The lowest BCUT2D eigenvalue weighted by molar-refractivity contribution is 0.0583. The van der Waals surface area contributed by atoms with E-state index >= 15 is 0 Å². The van der Waals surface area contributed by atoms with Gasteiger partial charge in [0.15, 0.2) is 0 Å². The highest BCUT2D eigenvalue weighted by Crippen LogP contribution is 2.19. The fourth-order valence-corrected chi connectivity index (χ4v) is 2.65. The third-order valence-electron chi connectivity index (χ3n) is 3.87. The highest BCUT2D eigenvalue weighted by molar-refractivity contribution is 5.94. The van der Waals surface area contributed by atoms with Gasteiger partial charge in [0.05, 0.1) is 5.56 Å². The minimum absolute atomic E-state index is 0.00831. The van der Waals surface area contributed by atoms with Crippen LogP contribution >= 0.6 is 0 Å². The Kier molecular flexibility index (Phi) is 4.50. The largest absolute Gasteiger partial charge is 0.474 e. The van der Waals surface area contributed by atoms with Crippen molar-refractivity contribution in [3.63, 3.8) is 0 Å². The Morgan fingerprint density at radius 2 is 2.00 bits per heavy atom. The number of rotatable bonds is 3. The quantitative estimate of drug-likeness (QED) is 0.873. The van der Waals surface area contributed by atoms with Crippen molar-refractivity contribution in [2.45, 2.75) is 25.9 Å². The fourth-order valence-electron chi connectivity index (χ4n) is 2.65. The number of carbonyl (C=O) groups is 1. The van der Waals surface area contributed by atoms with Crippen LogP contribution in [-0.2, 0) is 0 Å². The number of likely N-dealkylation sites (tertiary alicyclic amines) is 1. The van der Waals surface area contributed by atoms with Crippen LogP contribution in [0, 0.1) is 12.7 Å². The van der Waals surface area contributed by atoms with Crippen molar-refractivity contribution in [2.75, 3.05) is 13.1 Å². The average Bonchev–Trinajstić information content (AvgIpc) is 2.55. The average molecular weight is 315 g/mol. The maximum Gasteiger partial charge on any atom is 0.256 e. The molecule has 0 atom stereocenters. The lowest BCUT2D eigenvalue weighted by Crippen LogP contribution is -2.42. The van der Waals surface area contributed by atoms with E-state index in [4.69, 9.17) is 4.74 Å². The van der Waals surface area contributed by atoms with Gasteiger partial charge in [0.2, 0.25) is 5.88 Å². The van der Waals surface area contributed by atoms with Crippen LogP contribution in [0.4, 0.5) is 4.39 Å². The molecule has 1 aliphatic heterocycles. The molecule has 0 aliphatic carbocycles. The van der Waals surface area contributed by atoms with Gasteiger partial charge in [-0.25, -0.2) is 9.37 Å². The number of piperidine rings is 1. The Hall–Kier alpha value is -2.50. The van der Waals surface area contributed by atoms with Crippen molar-refractivity contribution >= 4 is 5.91 Å². The summed E-state index contributed by atoms with van der Waals surface area (Å²) in [5.74, 6) is 0.470. The van der Waals surface area contributed by atoms with Crippen molar-refractivity contribution in [1.29, 1.82) is 0 Å². The minimum atomic E-state index is -0.479. The van der Waals surface area contributed by atoms with Gasteiger partial charge in [0.1, 0.15) is 17.7 Å². The number of benzene rings is 1. The molecule has 2 heterocycles. The van der Waals surface area contributed by atoms with Crippen LogP contribution < -0.4 is 4.74 Å². The third-order valence-corrected chi connectivity index (χ3v) is 3.87. The number of amides is 1. The number of hydrogen-bond donors (Lipinski definition) is 0. The first-order valence-corrected chi connectivity index (χ1v) is 7.63. The Morgan fingerprint density at radius 1 is 1.26 bits per heavy atom. The molecular weight excluding hydrogens is 297 g/mol. The van der Waals surface area contributed by atoms with Crippen LogP contribution in [0.25, 0.3) is 0 Å². The summed E-state index contributed by atoms with van der Waals surface area (Å²) in [5, 5.41) is 0. The van der Waals surface area contributed by atoms with E-state index in [1.807, 2.05) is 6.92 Å². The molecule has 0 bridgehead atoms. The topological polar surface area (TPSA) is 55.3 Å². The van der Waals surface area contributed by atoms with Crippen molar-refractivity contribution in [2.24, 2.45) is 0 Å². The number of carbonyl (C=O) groups excluding carboxylic acids is 1. The van der Waals surface area contributed by atoms with Gasteiger partial charge in [-0.3, -0.25) is 4.79 Å². The van der Waals surface area contributed by atoms with Crippen LogP contribution in [0.1, 0.15) is 29.0 Å². The molecule has 1 aliphatic rings. The van der Waals surface area contributed by atoms with Crippen molar-refractivity contribution in [1.82, 2.24) is 14.9 Å². The van der Waals surface area contributed by atoms with E-state index in [0.29, 0.717) is 37.6 Å². The summed E-state index contributed by atoms with van der Waals surface area (Å²) >= 11 is 0. The normalized spacial score (nSPS) is 15.5. The van der Waals surface area contributed by atoms with Gasteiger partial charge in [-0.15, -0.1) is 0 Å². The van der Waals surface area contributed by atoms with E-state index in [0.717, 1.165) is 0 Å². The smallest absolute Gasteiger partial charge is 0.256 e. The summed E-state index contributed by atoms with van der Waals surface area (Å²) in [4.78, 5) is 22.3. The lowest BCUT2D eigenvalue weighted by atomic mass is 10.1. The van der Waals surface area contributed by atoms with E-state index in [1.54, 1.807) is 29.3 Å². The molecule has 0 radical (unpaired) electrons. The predicted molar refractivity (Wildman–Crippen MR) is 82.7 cm³/mol. The number of hydrogen-bond acceptors (Lipinski definition) is 4. The van der Waals surface area contributed by atoms with Crippen LogP contribution in [0.2, 0.25) is 0 Å². The number of ether oxygens (including phenoxy) is 1. The molecule has 5 nitrogen and oxygen atoms in total. The van der Waals surface area contributed by atoms with Gasteiger partial charge < -0.3 is 9.64 Å². The highest BCUT2D eigenvalue weighted by atomic mass is 19.1. The molecule has 3 rings (SSSR count). The number of aromatic nitrogens is 2. The summed E-state index contributed by atoms with van der Waals surface area (Å²) in [6.45, 7) is 2.90. The van der Waals surface area contributed by atoms with Crippen LogP contribution in [0.3, 0.4) is 0 Å². The summed E-state index contributed by atoms with van der Waals surface area (Å²) in [7, 11) is 0. The van der Waals surface area contributed by atoms with Gasteiger partial charge in [-0.05, 0) is 19.1 Å². The van der Waals surface area contributed by atoms with Gasteiger partial charge in [-0.1, -0.05) is 12.1 Å². The maximum atomic E-state index is 13.7. The second-order valence-electron chi connectivity index (χ2n) is 5.53. The Labute approximate surface area is 134 Å². The van der Waals surface area contributed by atoms with E-state index in [1.165, 1.54) is 12.1 Å². The zero-order valence-electron chi connectivity index (χ0n) is 12.9. The number of halogens is 1. The molecule has 0 saturated carbocycles. The first kappa shape index (κ1) is 15.4. The molecule has 0 spiro atoms. The van der Waals surface area contributed by atoms with Crippen LogP contribution in [0.5, 0.6) is 5.88 Å². The van der Waals surface area contributed by atoms with Gasteiger partial charge in [-0.2, -0.15) is 4.98 Å². The van der Waals surface area contributed by atoms with Gasteiger partial charge in [0, 0.05) is 38.2 Å². The molecule has 1 amide bonds. The standard InChI is InChI=1S/C17H18FN3O2/c1-12-19-9-6-16(20-12)23-13-7-10-21(11-8-13)17(22)14-4-2-3-5-15(14)18/h2-6,9,13H,7-8,10-11H2,1H3. The monoisotopic (exact) mass is 315 g/mol.